The lowest BCUT2D eigenvalue weighted by Gasteiger charge is -2.09. The van der Waals surface area contributed by atoms with Gasteiger partial charge in [-0.25, -0.2) is 0 Å². The molecular weight excluding hydrogens is 278 g/mol. The third-order valence-electron chi connectivity index (χ3n) is 2.80. The van der Waals surface area contributed by atoms with Crippen molar-refractivity contribution in [3.05, 3.63) is 39.4 Å². The van der Waals surface area contributed by atoms with E-state index in [0.29, 0.717) is 0 Å². The van der Waals surface area contributed by atoms with Gasteiger partial charge in [0.05, 0.1) is 6.61 Å². The molecule has 92 valence electrons. The molecule has 1 heterocycles. The van der Waals surface area contributed by atoms with E-state index in [-0.39, 0.29) is 0 Å². The van der Waals surface area contributed by atoms with E-state index in [9.17, 15) is 0 Å². The van der Waals surface area contributed by atoms with Crippen LogP contribution < -0.4 is 10.1 Å². The summed E-state index contributed by atoms with van der Waals surface area (Å²) in [5.41, 5.74) is 3.90. The fraction of sp³-hybridized carbons (Fsp3) is 0.429. The van der Waals surface area contributed by atoms with Crippen molar-refractivity contribution >= 4 is 15.9 Å². The van der Waals surface area contributed by atoms with E-state index in [1.165, 1.54) is 16.7 Å². The van der Waals surface area contributed by atoms with Crippen molar-refractivity contribution in [1.29, 1.82) is 0 Å². The molecule has 0 amide bonds. The average molecular weight is 296 g/mol. The zero-order valence-corrected chi connectivity index (χ0v) is 11.9. The summed E-state index contributed by atoms with van der Waals surface area (Å²) in [4.78, 5) is 0. The first-order chi connectivity index (χ1) is 8.16. The van der Waals surface area contributed by atoms with E-state index >= 15 is 0 Å². The lowest BCUT2D eigenvalue weighted by atomic mass is 10.1. The Morgan fingerprint density at radius 2 is 2.29 bits per heavy atom. The third kappa shape index (κ3) is 3.33. The van der Waals surface area contributed by atoms with Crippen molar-refractivity contribution in [2.24, 2.45) is 0 Å². The highest BCUT2D eigenvalue weighted by Crippen LogP contribution is 2.32. The summed E-state index contributed by atoms with van der Waals surface area (Å²) in [6.07, 6.45) is 3.22. The molecule has 0 saturated heterocycles. The number of rotatable bonds is 4. The van der Waals surface area contributed by atoms with Crippen molar-refractivity contribution in [2.45, 2.75) is 26.8 Å². The summed E-state index contributed by atoms with van der Waals surface area (Å²) >= 11 is 3.55. The van der Waals surface area contributed by atoms with Gasteiger partial charge in [0.2, 0.25) is 0 Å². The summed E-state index contributed by atoms with van der Waals surface area (Å²) in [5.74, 6) is 1.08. The van der Waals surface area contributed by atoms with Crippen LogP contribution in [0.5, 0.6) is 5.75 Å². The Hall–Kier alpha value is -0.800. The number of halogens is 1. The van der Waals surface area contributed by atoms with Crippen molar-refractivity contribution in [3.63, 3.8) is 0 Å². The Morgan fingerprint density at radius 3 is 3.06 bits per heavy atom. The number of hydrogen-bond donors (Lipinski definition) is 1. The van der Waals surface area contributed by atoms with Crippen molar-refractivity contribution in [2.75, 3.05) is 13.2 Å². The molecule has 17 heavy (non-hydrogen) atoms. The van der Waals surface area contributed by atoms with Gasteiger partial charge < -0.3 is 10.1 Å². The van der Waals surface area contributed by atoms with Gasteiger partial charge in [-0.15, -0.1) is 0 Å². The first-order valence-electron chi connectivity index (χ1n) is 5.95. The van der Waals surface area contributed by atoms with Crippen molar-refractivity contribution < 1.29 is 4.74 Å². The molecular formula is C14H18BrNO. The highest BCUT2D eigenvalue weighted by molar-refractivity contribution is 9.10. The molecule has 0 fully saturated rings. The first-order valence-corrected chi connectivity index (χ1v) is 6.74. The lowest BCUT2D eigenvalue weighted by molar-refractivity contribution is 0.352. The van der Waals surface area contributed by atoms with Crippen LogP contribution >= 0.6 is 15.9 Å². The van der Waals surface area contributed by atoms with E-state index in [0.717, 1.165) is 36.3 Å². The number of allylic oxidation sites excluding steroid dienone is 1. The molecule has 0 aliphatic carbocycles. The molecule has 1 aromatic rings. The van der Waals surface area contributed by atoms with Crippen molar-refractivity contribution in [3.8, 4) is 5.75 Å². The molecule has 3 heteroatoms. The van der Waals surface area contributed by atoms with Crippen LogP contribution in [0.3, 0.4) is 0 Å². The average Bonchev–Trinajstić information content (AvgIpc) is 2.71. The van der Waals surface area contributed by atoms with Crippen LogP contribution in [-0.4, -0.2) is 13.2 Å². The number of fused-ring (bicyclic) bond motifs is 1. The Bertz CT molecular complexity index is 436. The van der Waals surface area contributed by atoms with Gasteiger partial charge in [0.15, 0.2) is 0 Å². The van der Waals surface area contributed by atoms with Crippen molar-refractivity contribution in [1.82, 2.24) is 5.32 Å². The topological polar surface area (TPSA) is 21.3 Å². The molecule has 1 N–H and O–H groups in total. The fourth-order valence-corrected chi connectivity index (χ4v) is 2.51. The molecule has 0 atom stereocenters. The minimum atomic E-state index is 0.812. The second kappa shape index (κ2) is 5.69. The monoisotopic (exact) mass is 295 g/mol. The van der Waals surface area contributed by atoms with Gasteiger partial charge in [0.25, 0.3) is 0 Å². The molecule has 1 aromatic carbocycles. The van der Waals surface area contributed by atoms with Crippen LogP contribution in [-0.2, 0) is 13.0 Å². The summed E-state index contributed by atoms with van der Waals surface area (Å²) < 4.78 is 6.83. The second-order valence-corrected chi connectivity index (χ2v) is 5.48. The van der Waals surface area contributed by atoms with Crippen LogP contribution in [0.15, 0.2) is 28.3 Å². The normalized spacial score (nSPS) is 13.1. The van der Waals surface area contributed by atoms with E-state index < -0.39 is 0 Å². The highest BCUT2D eigenvalue weighted by Gasteiger charge is 2.16. The Morgan fingerprint density at radius 1 is 1.47 bits per heavy atom. The first kappa shape index (κ1) is 12.7. The maximum Gasteiger partial charge on any atom is 0.127 e. The maximum atomic E-state index is 5.69. The molecule has 0 aromatic heterocycles. The summed E-state index contributed by atoms with van der Waals surface area (Å²) in [6, 6.07) is 4.29. The fourth-order valence-electron chi connectivity index (χ4n) is 1.96. The van der Waals surface area contributed by atoms with Gasteiger partial charge in [-0.05, 0) is 31.5 Å². The van der Waals surface area contributed by atoms with Crippen LogP contribution in [0.2, 0.25) is 0 Å². The largest absolute Gasteiger partial charge is 0.493 e. The number of benzene rings is 1. The van der Waals surface area contributed by atoms with Gasteiger partial charge in [-0.1, -0.05) is 27.6 Å². The zero-order valence-electron chi connectivity index (χ0n) is 10.3. The molecule has 0 spiro atoms. The third-order valence-corrected chi connectivity index (χ3v) is 3.25. The molecule has 2 rings (SSSR count). The smallest absolute Gasteiger partial charge is 0.127 e. The predicted octanol–water partition coefficient (Wildman–Crippen LogP) is 3.44. The molecule has 0 bridgehead atoms. The predicted molar refractivity (Wildman–Crippen MR) is 74.5 cm³/mol. The zero-order chi connectivity index (χ0) is 12.3. The SMILES string of the molecule is CC(C)=CCNCc1cc(Br)cc2c1OCC2. The van der Waals surface area contributed by atoms with Gasteiger partial charge in [-0.2, -0.15) is 0 Å². The minimum absolute atomic E-state index is 0.812. The second-order valence-electron chi connectivity index (χ2n) is 4.56. The van der Waals surface area contributed by atoms with E-state index in [1.807, 2.05) is 0 Å². The maximum absolute atomic E-state index is 5.69. The summed E-state index contributed by atoms with van der Waals surface area (Å²) in [5, 5.41) is 3.41. The molecule has 1 aliphatic rings. The Labute approximate surface area is 111 Å². The van der Waals surface area contributed by atoms with Gasteiger partial charge in [0.1, 0.15) is 5.75 Å². The van der Waals surface area contributed by atoms with Crippen LogP contribution in [0.4, 0.5) is 0 Å². The molecule has 0 unspecified atom stereocenters. The van der Waals surface area contributed by atoms with E-state index in [1.54, 1.807) is 0 Å². The summed E-state index contributed by atoms with van der Waals surface area (Å²) in [6.45, 7) is 6.80. The van der Waals surface area contributed by atoms with E-state index in [4.69, 9.17) is 4.74 Å². The van der Waals surface area contributed by atoms with Crippen LogP contribution in [0.1, 0.15) is 25.0 Å². The lowest BCUT2D eigenvalue weighted by Crippen LogP contribution is -2.13. The molecule has 0 saturated carbocycles. The minimum Gasteiger partial charge on any atom is -0.493 e. The standard InChI is InChI=1S/C14H18BrNO/c1-10(2)3-5-16-9-12-8-13(15)7-11-4-6-17-14(11)12/h3,7-8,16H,4-6,9H2,1-2H3. The molecule has 1 aliphatic heterocycles. The highest BCUT2D eigenvalue weighted by atomic mass is 79.9. The Balaban J connectivity index is 2.03. The van der Waals surface area contributed by atoms with Gasteiger partial charge in [-0.3, -0.25) is 0 Å². The van der Waals surface area contributed by atoms with Gasteiger partial charge >= 0.3 is 0 Å². The van der Waals surface area contributed by atoms with Crippen LogP contribution in [0, 0.1) is 0 Å². The summed E-state index contributed by atoms with van der Waals surface area (Å²) in [7, 11) is 0. The number of hydrogen-bond acceptors (Lipinski definition) is 2. The molecule has 0 radical (unpaired) electrons. The molecule has 2 nitrogen and oxygen atoms in total. The quantitative estimate of drug-likeness (QED) is 0.679. The van der Waals surface area contributed by atoms with E-state index in [2.05, 4.69) is 53.3 Å². The van der Waals surface area contributed by atoms with Gasteiger partial charge in [0, 0.05) is 29.5 Å². The van der Waals surface area contributed by atoms with Crippen LogP contribution in [0.25, 0.3) is 0 Å². The number of nitrogens with one attached hydrogen (secondary N) is 1. The number of ether oxygens (including phenoxy) is 1. The Kier molecular flexibility index (Phi) is 4.24.